The lowest BCUT2D eigenvalue weighted by molar-refractivity contribution is -0.300. The molecule has 27 heavy (non-hydrogen) atoms. The van der Waals surface area contributed by atoms with Crippen LogP contribution in [0.4, 0.5) is 11.6 Å². The third-order valence-electron chi connectivity index (χ3n) is 4.30. The minimum atomic E-state index is -1.47. The Bertz CT molecular complexity index is 651. The van der Waals surface area contributed by atoms with Crippen LogP contribution in [0.3, 0.4) is 0 Å². The number of rotatable bonds is 7. The number of pyridine rings is 2. The third-order valence-corrected chi connectivity index (χ3v) is 4.30. The maximum absolute atomic E-state index is 10.0. The van der Waals surface area contributed by atoms with Gasteiger partial charge in [-0.2, -0.15) is 0 Å². The second-order valence-electron chi connectivity index (χ2n) is 6.10. The van der Waals surface area contributed by atoms with E-state index in [-0.39, 0.29) is 6.61 Å². The molecule has 1 aliphatic rings. The summed E-state index contributed by atoms with van der Waals surface area (Å²) in [6.45, 7) is -0.0301. The zero-order valence-electron chi connectivity index (χ0n) is 14.6. The Morgan fingerprint density at radius 3 is 2.07 bits per heavy atom. The molecule has 1 saturated heterocycles. The Labute approximate surface area is 156 Å². The van der Waals surface area contributed by atoms with Crippen molar-refractivity contribution in [1.29, 1.82) is 0 Å². The highest BCUT2D eigenvalue weighted by atomic mass is 16.7. The summed E-state index contributed by atoms with van der Waals surface area (Å²) in [4.78, 5) is 10.5. The summed E-state index contributed by atoms with van der Waals surface area (Å²) in [7, 11) is 0. The van der Waals surface area contributed by atoms with Gasteiger partial charge in [0.1, 0.15) is 36.1 Å². The van der Waals surface area contributed by atoms with Crippen LogP contribution in [-0.2, 0) is 9.47 Å². The van der Waals surface area contributed by atoms with E-state index in [0.29, 0.717) is 18.2 Å². The molecule has 4 N–H and O–H groups in total. The molecule has 9 nitrogen and oxygen atoms in total. The van der Waals surface area contributed by atoms with Crippen LogP contribution in [0.5, 0.6) is 0 Å². The lowest BCUT2D eigenvalue weighted by Gasteiger charge is -2.39. The van der Waals surface area contributed by atoms with Crippen molar-refractivity contribution in [3.8, 4) is 0 Å². The number of nitrogens with zero attached hydrogens (tertiary/aromatic N) is 3. The fourth-order valence-electron chi connectivity index (χ4n) is 2.84. The first kappa shape index (κ1) is 19.6. The molecule has 3 rings (SSSR count). The average molecular weight is 377 g/mol. The van der Waals surface area contributed by atoms with Crippen LogP contribution in [-0.4, -0.2) is 80.9 Å². The van der Waals surface area contributed by atoms with Crippen LogP contribution < -0.4 is 4.90 Å². The number of hydrogen-bond donors (Lipinski definition) is 4. The molecule has 3 heterocycles. The molecule has 0 aromatic carbocycles. The van der Waals surface area contributed by atoms with Crippen molar-refractivity contribution >= 4 is 11.6 Å². The largest absolute Gasteiger partial charge is 0.394 e. The van der Waals surface area contributed by atoms with Gasteiger partial charge in [-0.3, -0.25) is 0 Å². The molecule has 2 aromatic heterocycles. The summed E-state index contributed by atoms with van der Waals surface area (Å²) >= 11 is 0. The Kier molecular flexibility index (Phi) is 6.67. The maximum atomic E-state index is 10.0. The molecule has 0 radical (unpaired) electrons. The van der Waals surface area contributed by atoms with Gasteiger partial charge in [0, 0.05) is 18.9 Å². The van der Waals surface area contributed by atoms with E-state index in [1.807, 2.05) is 41.3 Å². The van der Waals surface area contributed by atoms with E-state index in [9.17, 15) is 20.4 Å². The molecular weight excluding hydrogens is 354 g/mol. The SMILES string of the molecule is OC[C@H]1O[C@@H](OCCN(c2ccccn2)c2ccccn2)[C@@H](O)[C@@H](O)[C@@H]1O. The van der Waals surface area contributed by atoms with Gasteiger partial charge in [-0.15, -0.1) is 0 Å². The lowest BCUT2D eigenvalue weighted by Crippen LogP contribution is -2.59. The fraction of sp³-hybridized carbons (Fsp3) is 0.444. The van der Waals surface area contributed by atoms with Crippen molar-refractivity contribution in [3.05, 3.63) is 48.8 Å². The molecule has 9 heteroatoms. The van der Waals surface area contributed by atoms with Crippen LogP contribution in [0.25, 0.3) is 0 Å². The molecular formula is C18H23N3O6. The first-order valence-corrected chi connectivity index (χ1v) is 8.63. The molecule has 5 atom stereocenters. The molecule has 0 bridgehead atoms. The van der Waals surface area contributed by atoms with Gasteiger partial charge in [-0.1, -0.05) is 12.1 Å². The van der Waals surface area contributed by atoms with Crippen LogP contribution in [0, 0.1) is 0 Å². The summed E-state index contributed by atoms with van der Waals surface area (Å²) < 4.78 is 10.9. The van der Waals surface area contributed by atoms with E-state index in [1.54, 1.807) is 12.4 Å². The Hall–Kier alpha value is -2.14. The van der Waals surface area contributed by atoms with Crippen LogP contribution >= 0.6 is 0 Å². The molecule has 0 amide bonds. The zero-order chi connectivity index (χ0) is 19.2. The number of aromatic nitrogens is 2. The number of anilines is 2. The van der Waals surface area contributed by atoms with Gasteiger partial charge in [-0.25, -0.2) is 9.97 Å². The fourth-order valence-corrected chi connectivity index (χ4v) is 2.84. The van der Waals surface area contributed by atoms with Gasteiger partial charge >= 0.3 is 0 Å². The standard InChI is InChI=1S/C18H23N3O6/c22-11-12-15(23)16(24)17(25)18(27-12)26-10-9-21(13-5-1-3-7-19-13)14-6-2-4-8-20-14/h1-8,12,15-18,22-25H,9-11H2/t12-,15-,16+,17+,18-/m1/s1. The molecule has 0 unspecified atom stereocenters. The lowest BCUT2D eigenvalue weighted by atomic mass is 9.99. The second kappa shape index (κ2) is 9.18. The van der Waals surface area contributed by atoms with Crippen molar-refractivity contribution in [2.24, 2.45) is 0 Å². The van der Waals surface area contributed by atoms with E-state index in [1.165, 1.54) is 0 Å². The predicted octanol–water partition coefficient (Wildman–Crippen LogP) is -0.569. The molecule has 1 aliphatic heterocycles. The average Bonchev–Trinajstić information content (AvgIpc) is 2.72. The van der Waals surface area contributed by atoms with Crippen LogP contribution in [0.15, 0.2) is 48.8 Å². The van der Waals surface area contributed by atoms with E-state index >= 15 is 0 Å². The van der Waals surface area contributed by atoms with Crippen molar-refractivity contribution in [3.63, 3.8) is 0 Å². The van der Waals surface area contributed by atoms with Crippen molar-refractivity contribution in [1.82, 2.24) is 9.97 Å². The predicted molar refractivity (Wildman–Crippen MR) is 95.2 cm³/mol. The van der Waals surface area contributed by atoms with Gasteiger partial charge in [0.15, 0.2) is 6.29 Å². The molecule has 2 aromatic rings. The zero-order valence-corrected chi connectivity index (χ0v) is 14.6. The highest BCUT2D eigenvalue weighted by Crippen LogP contribution is 2.23. The molecule has 146 valence electrons. The van der Waals surface area contributed by atoms with Gasteiger partial charge in [-0.05, 0) is 24.3 Å². The van der Waals surface area contributed by atoms with Crippen molar-refractivity contribution in [2.75, 3.05) is 24.7 Å². The summed E-state index contributed by atoms with van der Waals surface area (Å²) in [6, 6.07) is 11.0. The van der Waals surface area contributed by atoms with Gasteiger partial charge in [0.25, 0.3) is 0 Å². The second-order valence-corrected chi connectivity index (χ2v) is 6.10. The summed E-state index contributed by atoms with van der Waals surface area (Å²) in [5, 5.41) is 38.9. The molecule has 0 spiro atoms. The monoisotopic (exact) mass is 377 g/mol. The third kappa shape index (κ3) is 4.59. The maximum Gasteiger partial charge on any atom is 0.186 e. The van der Waals surface area contributed by atoms with E-state index < -0.39 is 37.3 Å². The Morgan fingerprint density at radius 1 is 0.926 bits per heavy atom. The summed E-state index contributed by atoms with van der Waals surface area (Å²) in [5.41, 5.74) is 0. The van der Waals surface area contributed by atoms with Gasteiger partial charge < -0.3 is 34.8 Å². The Balaban J connectivity index is 1.66. The first-order valence-electron chi connectivity index (χ1n) is 8.63. The Morgan fingerprint density at radius 2 is 1.56 bits per heavy atom. The molecule has 0 aliphatic carbocycles. The van der Waals surface area contributed by atoms with Crippen LogP contribution in [0.2, 0.25) is 0 Å². The van der Waals surface area contributed by atoms with E-state index in [0.717, 1.165) is 0 Å². The minimum Gasteiger partial charge on any atom is -0.394 e. The number of aliphatic hydroxyl groups excluding tert-OH is 4. The number of aliphatic hydroxyl groups is 4. The molecule has 1 fully saturated rings. The summed E-state index contributed by atoms with van der Waals surface area (Å²) in [5.74, 6) is 1.35. The van der Waals surface area contributed by atoms with E-state index in [2.05, 4.69) is 9.97 Å². The van der Waals surface area contributed by atoms with Crippen molar-refractivity contribution < 1.29 is 29.9 Å². The molecule has 0 saturated carbocycles. The topological polar surface area (TPSA) is 128 Å². The number of hydrogen-bond acceptors (Lipinski definition) is 9. The van der Waals surface area contributed by atoms with Gasteiger partial charge in [0.2, 0.25) is 0 Å². The normalized spacial score (nSPS) is 28.1. The van der Waals surface area contributed by atoms with E-state index in [4.69, 9.17) is 9.47 Å². The quantitative estimate of drug-likeness (QED) is 0.501. The summed E-state index contributed by atoms with van der Waals surface area (Å²) in [6.07, 6.45) is -3.15. The smallest absolute Gasteiger partial charge is 0.186 e. The van der Waals surface area contributed by atoms with Crippen LogP contribution in [0.1, 0.15) is 0 Å². The highest BCUT2D eigenvalue weighted by Gasteiger charge is 2.43. The number of ether oxygens (including phenoxy) is 2. The highest BCUT2D eigenvalue weighted by molar-refractivity contribution is 5.55. The van der Waals surface area contributed by atoms with Gasteiger partial charge in [0.05, 0.1) is 13.2 Å². The minimum absolute atomic E-state index is 0.121. The van der Waals surface area contributed by atoms with Crippen molar-refractivity contribution in [2.45, 2.75) is 30.7 Å². The first-order chi connectivity index (χ1) is 13.1.